The molecular formula is C75H56IrN2O2-2. The molecule has 0 fully saturated rings. The zero-order valence-corrected chi connectivity index (χ0v) is 46.8. The predicted octanol–water partition coefficient (Wildman–Crippen LogP) is 19.0. The summed E-state index contributed by atoms with van der Waals surface area (Å²) in [6.07, 6.45) is -0.197. The van der Waals surface area contributed by atoms with Crippen LogP contribution in [0.5, 0.6) is 0 Å². The summed E-state index contributed by atoms with van der Waals surface area (Å²) in [5.74, 6) is 0.0370. The summed E-state index contributed by atoms with van der Waals surface area (Å²) in [7, 11) is 0. The normalized spacial score (nSPS) is 11.1. The van der Waals surface area contributed by atoms with Gasteiger partial charge in [-0.1, -0.05) is 188 Å². The van der Waals surface area contributed by atoms with E-state index in [-0.39, 0.29) is 32.3 Å². The van der Waals surface area contributed by atoms with Crippen molar-refractivity contribution in [2.75, 3.05) is 0 Å². The van der Waals surface area contributed by atoms with E-state index in [4.69, 9.17) is 5.11 Å². The van der Waals surface area contributed by atoms with Crippen LogP contribution in [0.2, 0.25) is 0 Å². The minimum Gasteiger partial charge on any atom is -0.393 e. The standard InChI is InChI=1S/C40H26.2C15H10N.C5H10O2.Ir/c1-2-9-28-22-31(17-16-27(28)8-1)33-21-20-32-23-30(18-19-34(32)24-33)29-11-7-12-35(25-29)40-26-36-10-3-4-13-37(36)38-14-5-6-15-39(38)40;2*1-2-6-12(7-3-1)15-11-10-13-8-4-5-9-14(13)16-15;1-4(6)3-5(2)7;/h1-26H;2*1-6,8-11H;4,6H,3H2,1-2H3;/q;2*-1;;. The quantitative estimate of drug-likeness (QED) is 0.128. The SMILES string of the molecule is CC(=O)CC(C)O.[Ir].[c-]1ccccc1-c1ccc2ccccc2n1.[c-]1ccccc1-c1ccc2ccccc2n1.c1cc(-c2ccc3cc(-c4ccc5ccccc5c4)ccc3c2)cc(-c2cc3ccccc3c3ccccc23)c1. The molecule has 1 N–H and O–H groups in total. The molecule has 0 saturated carbocycles. The van der Waals surface area contributed by atoms with Crippen LogP contribution in [0.15, 0.2) is 279 Å². The molecule has 389 valence electrons. The predicted molar refractivity (Wildman–Crippen MR) is 332 cm³/mol. The van der Waals surface area contributed by atoms with E-state index in [0.717, 1.165) is 33.5 Å². The van der Waals surface area contributed by atoms with Crippen molar-refractivity contribution < 1.29 is 30.0 Å². The molecule has 80 heavy (non-hydrogen) atoms. The van der Waals surface area contributed by atoms with Gasteiger partial charge in [-0.3, -0.25) is 14.8 Å². The van der Waals surface area contributed by atoms with Gasteiger partial charge in [0.15, 0.2) is 0 Å². The summed E-state index contributed by atoms with van der Waals surface area (Å²) in [6.45, 7) is 3.06. The van der Waals surface area contributed by atoms with Crippen molar-refractivity contribution >= 4 is 70.7 Å². The molecule has 0 saturated heterocycles. The fraction of sp³-hybridized carbons (Fsp3) is 0.0533. The van der Waals surface area contributed by atoms with Crippen LogP contribution in [0.4, 0.5) is 0 Å². The first-order chi connectivity index (χ1) is 38.8. The summed E-state index contributed by atoms with van der Waals surface area (Å²) in [4.78, 5) is 19.3. The molecule has 0 aliphatic carbocycles. The number of aliphatic hydroxyl groups is 1. The smallest absolute Gasteiger partial charge is 0.132 e. The van der Waals surface area contributed by atoms with Gasteiger partial charge in [0.25, 0.3) is 0 Å². The largest absolute Gasteiger partial charge is 0.393 e. The number of pyridine rings is 2. The van der Waals surface area contributed by atoms with Gasteiger partial charge >= 0.3 is 0 Å². The van der Waals surface area contributed by atoms with Crippen LogP contribution >= 0.6 is 0 Å². The molecule has 1 atom stereocenters. The third-order valence-corrected chi connectivity index (χ3v) is 13.9. The van der Waals surface area contributed by atoms with Crippen molar-refractivity contribution in [1.82, 2.24) is 9.97 Å². The molecule has 2 aromatic heterocycles. The fourth-order valence-corrected chi connectivity index (χ4v) is 10.1. The van der Waals surface area contributed by atoms with Crippen molar-refractivity contribution in [3.63, 3.8) is 0 Å². The third kappa shape index (κ3) is 12.9. The van der Waals surface area contributed by atoms with Crippen molar-refractivity contribution in [2.24, 2.45) is 0 Å². The molecule has 4 nitrogen and oxygen atoms in total. The molecule has 14 rings (SSSR count). The van der Waals surface area contributed by atoms with Crippen molar-refractivity contribution in [2.45, 2.75) is 26.4 Å². The number of ketones is 1. The summed E-state index contributed by atoms with van der Waals surface area (Å²) in [5, 5.41) is 21.1. The van der Waals surface area contributed by atoms with Gasteiger partial charge < -0.3 is 5.11 Å². The van der Waals surface area contributed by atoms with E-state index in [0.29, 0.717) is 0 Å². The van der Waals surface area contributed by atoms with E-state index in [2.05, 4.69) is 204 Å². The molecule has 14 aromatic rings. The van der Waals surface area contributed by atoms with Gasteiger partial charge in [-0.15, -0.1) is 71.8 Å². The van der Waals surface area contributed by atoms with E-state index in [9.17, 15) is 4.79 Å². The molecule has 1 unspecified atom stereocenters. The number of Topliss-reactive ketones (excluding diaryl/α,β-unsaturated/α-hetero) is 1. The van der Waals surface area contributed by atoms with E-state index in [1.54, 1.807) is 6.92 Å². The van der Waals surface area contributed by atoms with Gasteiger partial charge in [0.05, 0.1) is 17.1 Å². The van der Waals surface area contributed by atoms with Gasteiger partial charge in [0, 0.05) is 26.5 Å². The Kier molecular flexibility index (Phi) is 17.3. The number of carbonyl (C=O) groups excluding carboxylic acids is 1. The van der Waals surface area contributed by atoms with E-state index < -0.39 is 6.10 Å². The molecule has 0 amide bonds. The molecule has 1 radical (unpaired) electrons. The second-order valence-corrected chi connectivity index (χ2v) is 19.7. The fourth-order valence-electron chi connectivity index (χ4n) is 10.1. The minimum atomic E-state index is -0.475. The van der Waals surface area contributed by atoms with Crippen molar-refractivity contribution in [3.8, 4) is 55.9 Å². The number of rotatable bonds is 7. The van der Waals surface area contributed by atoms with E-state index >= 15 is 0 Å². The van der Waals surface area contributed by atoms with Crippen LogP contribution in [0.3, 0.4) is 0 Å². The topological polar surface area (TPSA) is 63.1 Å². The average molecular weight is 1210 g/mol. The number of para-hydroxylation sites is 2. The Bertz CT molecular complexity index is 4310. The third-order valence-electron chi connectivity index (χ3n) is 13.9. The summed E-state index contributed by atoms with van der Waals surface area (Å²) < 4.78 is 0. The second kappa shape index (κ2) is 25.5. The van der Waals surface area contributed by atoms with Gasteiger partial charge in [0.2, 0.25) is 0 Å². The first kappa shape index (κ1) is 54.1. The van der Waals surface area contributed by atoms with Crippen LogP contribution < -0.4 is 0 Å². The van der Waals surface area contributed by atoms with Gasteiger partial charge in [0.1, 0.15) is 5.78 Å². The summed E-state index contributed by atoms with van der Waals surface area (Å²) in [5.41, 5.74) is 13.5. The van der Waals surface area contributed by atoms with Crippen LogP contribution in [0, 0.1) is 12.1 Å². The molecule has 12 aromatic carbocycles. The molecular weight excluding hydrogens is 1150 g/mol. The first-order valence-corrected chi connectivity index (χ1v) is 26.7. The summed E-state index contributed by atoms with van der Waals surface area (Å²) >= 11 is 0. The molecule has 0 spiro atoms. The number of carbonyl (C=O) groups is 1. The number of fused-ring (bicyclic) bond motifs is 7. The Morgan fingerprint density at radius 1 is 0.388 bits per heavy atom. The maximum absolute atomic E-state index is 10.1. The zero-order valence-electron chi connectivity index (χ0n) is 44.4. The average Bonchev–Trinajstić information content (AvgIpc) is 3.70. The monoisotopic (exact) mass is 1210 g/mol. The number of hydrogen-bond acceptors (Lipinski definition) is 4. The van der Waals surface area contributed by atoms with Gasteiger partial charge in [-0.2, -0.15) is 0 Å². The number of aromatic nitrogens is 2. The maximum Gasteiger partial charge on any atom is 0.132 e. The molecule has 5 heteroatoms. The Labute approximate surface area is 481 Å². The number of hydrogen-bond donors (Lipinski definition) is 1. The van der Waals surface area contributed by atoms with Crippen molar-refractivity contribution in [1.29, 1.82) is 0 Å². The maximum atomic E-state index is 10.1. The number of nitrogens with zero attached hydrogens (tertiary/aromatic N) is 2. The molecule has 0 aliphatic rings. The van der Waals surface area contributed by atoms with E-state index in [1.807, 2.05) is 97.1 Å². The van der Waals surface area contributed by atoms with Crippen LogP contribution in [0.25, 0.3) is 121 Å². The Hall–Kier alpha value is -9.22. The number of benzene rings is 12. The van der Waals surface area contributed by atoms with Crippen LogP contribution in [0.1, 0.15) is 20.3 Å². The van der Waals surface area contributed by atoms with Gasteiger partial charge in [-0.05, 0) is 155 Å². The van der Waals surface area contributed by atoms with Gasteiger partial charge in [-0.25, -0.2) is 0 Å². The first-order valence-electron chi connectivity index (χ1n) is 26.7. The molecule has 0 aliphatic heterocycles. The van der Waals surface area contributed by atoms with E-state index in [1.165, 1.54) is 94.2 Å². The Morgan fingerprint density at radius 3 is 1.31 bits per heavy atom. The summed E-state index contributed by atoms with van der Waals surface area (Å²) in [6, 6.07) is 104. The Balaban J connectivity index is 0.000000147. The molecule has 2 heterocycles. The zero-order chi connectivity index (χ0) is 53.9. The minimum absolute atomic E-state index is 0. The number of aliphatic hydroxyl groups excluding tert-OH is 1. The second-order valence-electron chi connectivity index (χ2n) is 19.7. The Morgan fingerprint density at radius 2 is 0.800 bits per heavy atom. The molecule has 0 bridgehead atoms. The van der Waals surface area contributed by atoms with Crippen LogP contribution in [-0.4, -0.2) is 27.0 Å². The van der Waals surface area contributed by atoms with Crippen molar-refractivity contribution in [3.05, 3.63) is 291 Å². The van der Waals surface area contributed by atoms with Crippen LogP contribution in [-0.2, 0) is 24.9 Å².